The Hall–Kier alpha value is -4.63. The monoisotopic (exact) mass is 1220 g/mol. The zero-order valence-electron chi connectivity index (χ0n) is 55.2. The molecule has 10 heteroatoms. The van der Waals surface area contributed by atoms with Gasteiger partial charge >= 0.3 is 19.8 Å². The molecule has 0 aliphatic carbocycles. The van der Waals surface area contributed by atoms with E-state index in [-0.39, 0.29) is 32.6 Å². The summed E-state index contributed by atoms with van der Waals surface area (Å²) in [5, 5.41) is 0. The van der Waals surface area contributed by atoms with Crippen LogP contribution in [0.1, 0.15) is 271 Å². The van der Waals surface area contributed by atoms with E-state index in [9.17, 15) is 19.0 Å². The van der Waals surface area contributed by atoms with Crippen molar-refractivity contribution in [1.29, 1.82) is 0 Å². The van der Waals surface area contributed by atoms with Crippen LogP contribution in [0.25, 0.3) is 0 Å². The summed E-state index contributed by atoms with van der Waals surface area (Å²) < 4.78 is 33.2. The number of hydrogen-bond acceptors (Lipinski definition) is 8. The van der Waals surface area contributed by atoms with Crippen LogP contribution in [0, 0.1) is 0 Å². The SMILES string of the molecule is CC/C=C\C/C=C\C/C=C\C/C=C\C/C=C\C/C=C\C/C=C\C/C=C\CCCCCCCCCCCCCCCCC(=O)OC(COC(=O)CCCCCCCCCC/C=C\C/C=C\C/C=C\C/C=C\C/C=C\C/C=C\CC)COP(=O)(O)OCCN. The van der Waals surface area contributed by atoms with Crippen molar-refractivity contribution in [3.8, 4) is 0 Å². The molecule has 0 rings (SSSR count). The van der Waals surface area contributed by atoms with Crippen molar-refractivity contribution in [2.24, 2.45) is 5.73 Å². The van der Waals surface area contributed by atoms with E-state index in [1.165, 1.54) is 96.3 Å². The van der Waals surface area contributed by atoms with Crippen LogP contribution in [-0.2, 0) is 32.7 Å². The molecule has 0 aromatic carbocycles. The summed E-state index contributed by atoms with van der Waals surface area (Å²) in [7, 11) is -4.41. The van der Waals surface area contributed by atoms with Crippen LogP contribution in [0.15, 0.2) is 170 Å². The fourth-order valence-electron chi connectivity index (χ4n) is 9.07. The first-order chi connectivity index (χ1) is 42.8. The average molecular weight is 1220 g/mol. The van der Waals surface area contributed by atoms with Crippen LogP contribution in [0.3, 0.4) is 0 Å². The standard InChI is InChI=1S/C77H126NO8P/c1-3-5-7-9-11-13-15-17-19-21-23-25-27-29-31-32-33-34-35-36-37-38-39-40-41-42-44-46-48-50-52-54-56-58-60-62-64-66-68-70-77(80)86-75(74-85-87(81,82)84-72-71-78)73-83-76(79)69-67-65-63-61-59-57-55-53-51-49-47-45-43-30-28-26-24-22-20-18-16-14-12-10-8-6-4-2/h5-8,11-14,17-20,23-26,29-31,33-34,36-37,39-40,43,47,49,75H,3-4,9-10,15-16,21-22,27-28,32,35,38,41-42,44-46,48,50-74,78H2,1-2H3,(H,81,82)/b7-5-,8-6-,13-11-,14-12-,19-17-,20-18-,25-23-,26-24-,31-29-,34-33-,37-36-,40-39-,43-30-,49-47-. The molecular weight excluding hydrogens is 1100 g/mol. The molecular formula is C77H126NO8P. The van der Waals surface area contributed by atoms with Gasteiger partial charge in [-0.05, 0) is 128 Å². The van der Waals surface area contributed by atoms with Gasteiger partial charge in [0.15, 0.2) is 6.10 Å². The minimum Gasteiger partial charge on any atom is -0.462 e. The Morgan fingerprint density at radius 3 is 0.885 bits per heavy atom. The number of nitrogens with two attached hydrogens (primary N) is 1. The van der Waals surface area contributed by atoms with E-state index in [2.05, 4.69) is 184 Å². The molecule has 3 N–H and O–H groups in total. The number of rotatable bonds is 63. The quantitative estimate of drug-likeness (QED) is 0.0264. The fourth-order valence-corrected chi connectivity index (χ4v) is 9.83. The Labute approximate surface area is 533 Å². The van der Waals surface area contributed by atoms with Gasteiger partial charge in [0.2, 0.25) is 0 Å². The van der Waals surface area contributed by atoms with Crippen LogP contribution < -0.4 is 5.73 Å². The van der Waals surface area contributed by atoms with Crippen molar-refractivity contribution in [1.82, 2.24) is 0 Å². The highest BCUT2D eigenvalue weighted by Gasteiger charge is 2.26. The molecule has 492 valence electrons. The second kappa shape index (κ2) is 70.5. The lowest BCUT2D eigenvalue weighted by molar-refractivity contribution is -0.161. The third-order valence-corrected chi connectivity index (χ3v) is 15.1. The number of carbonyl (C=O) groups excluding carboxylic acids is 2. The number of unbranched alkanes of at least 4 members (excludes halogenated alkanes) is 22. The number of phosphoric acid groups is 1. The summed E-state index contributed by atoms with van der Waals surface area (Å²) in [5.41, 5.74) is 5.40. The lowest BCUT2D eigenvalue weighted by Crippen LogP contribution is -2.29. The van der Waals surface area contributed by atoms with Crippen LogP contribution in [0.4, 0.5) is 0 Å². The normalized spacial score (nSPS) is 14.0. The van der Waals surface area contributed by atoms with Gasteiger partial charge in [-0.2, -0.15) is 0 Å². The summed E-state index contributed by atoms with van der Waals surface area (Å²) in [5.74, 6) is -0.844. The molecule has 0 aliphatic rings. The summed E-state index contributed by atoms with van der Waals surface area (Å²) in [6.45, 7) is 3.50. The predicted molar refractivity (Wildman–Crippen MR) is 376 cm³/mol. The van der Waals surface area contributed by atoms with Gasteiger partial charge in [-0.1, -0.05) is 300 Å². The second-order valence-corrected chi connectivity index (χ2v) is 23.7. The van der Waals surface area contributed by atoms with E-state index in [4.69, 9.17) is 24.3 Å². The van der Waals surface area contributed by atoms with Crippen molar-refractivity contribution in [2.45, 2.75) is 277 Å². The first-order valence-electron chi connectivity index (χ1n) is 34.6. The summed E-state index contributed by atoms with van der Waals surface area (Å²) in [6, 6.07) is 0. The molecule has 0 aromatic heterocycles. The minimum atomic E-state index is -4.41. The molecule has 0 bridgehead atoms. The average Bonchev–Trinajstić information content (AvgIpc) is 3.64. The summed E-state index contributed by atoms with van der Waals surface area (Å²) >= 11 is 0. The van der Waals surface area contributed by atoms with Gasteiger partial charge in [0.1, 0.15) is 6.61 Å². The molecule has 2 unspecified atom stereocenters. The van der Waals surface area contributed by atoms with E-state index >= 15 is 0 Å². The maximum Gasteiger partial charge on any atom is 0.472 e. The Balaban J connectivity index is 3.95. The maximum absolute atomic E-state index is 12.8. The third-order valence-electron chi connectivity index (χ3n) is 14.1. The lowest BCUT2D eigenvalue weighted by atomic mass is 10.0. The fraction of sp³-hybridized carbons (Fsp3) is 0.610. The van der Waals surface area contributed by atoms with Gasteiger partial charge < -0.3 is 20.1 Å². The largest absolute Gasteiger partial charge is 0.472 e. The Morgan fingerprint density at radius 2 is 0.598 bits per heavy atom. The highest BCUT2D eigenvalue weighted by atomic mass is 31.2. The van der Waals surface area contributed by atoms with Gasteiger partial charge in [-0.3, -0.25) is 18.6 Å². The Morgan fingerprint density at radius 1 is 0.345 bits per heavy atom. The first kappa shape index (κ1) is 82.4. The number of hydrogen-bond donors (Lipinski definition) is 2. The number of allylic oxidation sites excluding steroid dienone is 28. The van der Waals surface area contributed by atoms with Crippen LogP contribution >= 0.6 is 7.82 Å². The molecule has 9 nitrogen and oxygen atoms in total. The van der Waals surface area contributed by atoms with Gasteiger partial charge in [-0.15, -0.1) is 0 Å². The van der Waals surface area contributed by atoms with Crippen molar-refractivity contribution < 1.29 is 37.6 Å². The molecule has 0 saturated heterocycles. The Kier molecular flexibility index (Phi) is 66.7. The molecule has 0 aromatic rings. The number of esters is 2. The predicted octanol–water partition coefficient (Wildman–Crippen LogP) is 23.0. The van der Waals surface area contributed by atoms with E-state index in [1.54, 1.807) is 0 Å². The molecule has 0 spiro atoms. The number of carbonyl (C=O) groups is 2. The van der Waals surface area contributed by atoms with E-state index in [1.807, 2.05) is 0 Å². The Bertz CT molecular complexity index is 2030. The zero-order valence-corrected chi connectivity index (χ0v) is 56.1. The molecule has 87 heavy (non-hydrogen) atoms. The smallest absolute Gasteiger partial charge is 0.462 e. The summed E-state index contributed by atoms with van der Waals surface area (Å²) in [4.78, 5) is 35.4. The second-order valence-electron chi connectivity index (χ2n) is 22.3. The zero-order chi connectivity index (χ0) is 63.0. The van der Waals surface area contributed by atoms with E-state index < -0.39 is 32.5 Å². The van der Waals surface area contributed by atoms with Crippen molar-refractivity contribution >= 4 is 19.8 Å². The minimum absolute atomic E-state index is 0.0445. The molecule has 0 saturated carbocycles. The number of phosphoric ester groups is 1. The third kappa shape index (κ3) is 70.3. The lowest BCUT2D eigenvalue weighted by Gasteiger charge is -2.19. The summed E-state index contributed by atoms with van der Waals surface area (Å²) in [6.07, 6.45) is 104. The maximum atomic E-state index is 12.8. The molecule has 0 aliphatic heterocycles. The first-order valence-corrected chi connectivity index (χ1v) is 36.1. The van der Waals surface area contributed by atoms with Crippen molar-refractivity contribution in [3.05, 3.63) is 170 Å². The molecule has 0 amide bonds. The van der Waals surface area contributed by atoms with Crippen molar-refractivity contribution in [3.63, 3.8) is 0 Å². The highest BCUT2D eigenvalue weighted by molar-refractivity contribution is 7.47. The van der Waals surface area contributed by atoms with Crippen LogP contribution in [0.5, 0.6) is 0 Å². The van der Waals surface area contributed by atoms with Gasteiger partial charge in [0, 0.05) is 19.4 Å². The molecule has 2 atom stereocenters. The van der Waals surface area contributed by atoms with Crippen LogP contribution in [0.2, 0.25) is 0 Å². The molecule has 0 radical (unpaired) electrons. The number of ether oxygens (including phenoxy) is 2. The molecule has 0 heterocycles. The molecule has 0 fully saturated rings. The van der Waals surface area contributed by atoms with Gasteiger partial charge in [0.05, 0.1) is 13.2 Å². The van der Waals surface area contributed by atoms with Crippen molar-refractivity contribution in [2.75, 3.05) is 26.4 Å². The highest BCUT2D eigenvalue weighted by Crippen LogP contribution is 2.43. The van der Waals surface area contributed by atoms with E-state index in [0.29, 0.717) is 12.8 Å². The van der Waals surface area contributed by atoms with Gasteiger partial charge in [-0.25, -0.2) is 4.57 Å². The van der Waals surface area contributed by atoms with Gasteiger partial charge in [0.25, 0.3) is 0 Å². The van der Waals surface area contributed by atoms with E-state index in [0.717, 1.165) is 135 Å². The van der Waals surface area contributed by atoms with Crippen LogP contribution in [-0.4, -0.2) is 49.3 Å². The topological polar surface area (TPSA) is 134 Å².